The average Bonchev–Trinajstić information content (AvgIpc) is 2.66. The van der Waals surface area contributed by atoms with E-state index in [2.05, 4.69) is 15.2 Å². The van der Waals surface area contributed by atoms with Gasteiger partial charge in [0.05, 0.1) is 11.0 Å². The minimum atomic E-state index is 0.804. The first-order valence-electron chi connectivity index (χ1n) is 4.14. The Hall–Kier alpha value is -1.84. The maximum absolute atomic E-state index is 4.38. The van der Waals surface area contributed by atoms with E-state index in [1.54, 1.807) is 0 Å². The van der Waals surface area contributed by atoms with Gasteiger partial charge in [-0.2, -0.15) is 5.10 Å². The Bertz CT molecular complexity index is 575. The van der Waals surface area contributed by atoms with Gasteiger partial charge < -0.3 is 0 Å². The number of aryl methyl sites for hydroxylation is 1. The maximum atomic E-state index is 4.38. The summed E-state index contributed by atoms with van der Waals surface area (Å²) in [6.07, 6.45) is 0. The number of hydrogen-bond acceptors (Lipinski definition) is 2. The van der Waals surface area contributed by atoms with E-state index >= 15 is 0 Å². The first-order chi connectivity index (χ1) is 6.36. The van der Waals surface area contributed by atoms with Gasteiger partial charge in [-0.15, -0.1) is 0 Å². The van der Waals surface area contributed by atoms with Crippen LogP contribution in [0.4, 0.5) is 0 Å². The first kappa shape index (κ1) is 6.65. The first-order valence-corrected chi connectivity index (χ1v) is 4.14. The third-order valence-corrected chi connectivity index (χ3v) is 2.20. The molecule has 0 saturated heterocycles. The second-order valence-electron chi connectivity index (χ2n) is 3.03. The lowest BCUT2D eigenvalue weighted by Crippen LogP contribution is -1.83. The molecule has 0 fully saturated rings. The summed E-state index contributed by atoms with van der Waals surface area (Å²) >= 11 is 0. The van der Waals surface area contributed by atoms with Gasteiger partial charge in [0, 0.05) is 0 Å². The number of aromatic nitrogens is 4. The fraction of sp³-hybridized carbons (Fsp3) is 0.111. The van der Waals surface area contributed by atoms with Gasteiger partial charge in [0.1, 0.15) is 5.82 Å². The van der Waals surface area contributed by atoms with Gasteiger partial charge in [0.2, 0.25) is 5.78 Å². The van der Waals surface area contributed by atoms with Crippen LogP contribution in [0, 0.1) is 6.92 Å². The third-order valence-electron chi connectivity index (χ3n) is 2.20. The second-order valence-corrected chi connectivity index (χ2v) is 3.03. The standard InChI is InChI=1S/C9H8N4/c1-6-11-12-9-10-7-4-2-3-5-8(7)13(6)9/h2-5H,1H3,(H,10,12). The van der Waals surface area contributed by atoms with Crippen molar-refractivity contribution >= 4 is 16.8 Å². The molecule has 3 aromatic rings. The monoisotopic (exact) mass is 172 g/mol. The molecule has 0 saturated carbocycles. The number of hydrogen-bond donors (Lipinski definition) is 1. The summed E-state index contributed by atoms with van der Waals surface area (Å²) in [6.45, 7) is 1.96. The Labute approximate surface area is 74.2 Å². The SMILES string of the molecule is Cc1n[nH]c2nc3ccccc3n12. The van der Waals surface area contributed by atoms with Crippen molar-refractivity contribution in [3.63, 3.8) is 0 Å². The van der Waals surface area contributed by atoms with Crippen LogP contribution in [0.5, 0.6) is 0 Å². The molecule has 2 heterocycles. The fourth-order valence-electron chi connectivity index (χ4n) is 1.61. The summed E-state index contributed by atoms with van der Waals surface area (Å²) in [5.74, 6) is 1.74. The Kier molecular flexibility index (Phi) is 1.07. The van der Waals surface area contributed by atoms with Gasteiger partial charge in [-0.3, -0.25) is 4.40 Å². The van der Waals surface area contributed by atoms with E-state index in [1.807, 2.05) is 35.6 Å². The number of imidazole rings is 1. The molecule has 4 heteroatoms. The Balaban J connectivity index is 2.66. The molecule has 13 heavy (non-hydrogen) atoms. The number of nitrogens with one attached hydrogen (secondary N) is 1. The molecule has 3 rings (SSSR count). The summed E-state index contributed by atoms with van der Waals surface area (Å²) in [7, 11) is 0. The molecule has 1 aromatic carbocycles. The highest BCUT2D eigenvalue weighted by Crippen LogP contribution is 2.15. The molecule has 0 atom stereocenters. The van der Waals surface area contributed by atoms with Gasteiger partial charge in [0.25, 0.3) is 0 Å². The van der Waals surface area contributed by atoms with E-state index in [4.69, 9.17) is 0 Å². The van der Waals surface area contributed by atoms with E-state index in [1.165, 1.54) is 0 Å². The van der Waals surface area contributed by atoms with Gasteiger partial charge in [-0.1, -0.05) is 12.1 Å². The van der Waals surface area contributed by atoms with Crippen LogP contribution in [0.1, 0.15) is 5.82 Å². The predicted molar refractivity (Wildman–Crippen MR) is 49.6 cm³/mol. The Morgan fingerprint density at radius 3 is 3.08 bits per heavy atom. The molecule has 0 spiro atoms. The van der Waals surface area contributed by atoms with Crippen LogP contribution in [0.15, 0.2) is 24.3 Å². The van der Waals surface area contributed by atoms with Crippen molar-refractivity contribution < 1.29 is 0 Å². The van der Waals surface area contributed by atoms with Gasteiger partial charge in [-0.25, -0.2) is 10.1 Å². The molecule has 0 radical (unpaired) electrons. The number of nitrogens with zero attached hydrogens (tertiary/aromatic N) is 3. The van der Waals surface area contributed by atoms with Crippen molar-refractivity contribution in [3.8, 4) is 0 Å². The predicted octanol–water partition coefficient (Wildman–Crippen LogP) is 1.52. The molecular formula is C9H8N4. The number of aromatic amines is 1. The fourth-order valence-corrected chi connectivity index (χ4v) is 1.61. The van der Waals surface area contributed by atoms with Crippen molar-refractivity contribution in [2.24, 2.45) is 0 Å². The normalized spacial score (nSPS) is 11.5. The number of fused-ring (bicyclic) bond motifs is 3. The van der Waals surface area contributed by atoms with Gasteiger partial charge in [0.15, 0.2) is 0 Å². The summed E-state index contributed by atoms with van der Waals surface area (Å²) in [5, 5.41) is 6.96. The summed E-state index contributed by atoms with van der Waals surface area (Å²) in [4.78, 5) is 4.38. The van der Waals surface area contributed by atoms with E-state index in [0.717, 1.165) is 22.6 Å². The minimum Gasteiger partial charge on any atom is -0.263 e. The smallest absolute Gasteiger partial charge is 0.230 e. The molecule has 0 unspecified atom stereocenters. The average molecular weight is 172 g/mol. The number of rotatable bonds is 0. The lowest BCUT2D eigenvalue weighted by Gasteiger charge is -1.89. The zero-order chi connectivity index (χ0) is 8.84. The van der Waals surface area contributed by atoms with E-state index < -0.39 is 0 Å². The molecule has 64 valence electrons. The molecule has 4 nitrogen and oxygen atoms in total. The highest BCUT2D eigenvalue weighted by Gasteiger charge is 2.06. The largest absolute Gasteiger partial charge is 0.263 e. The summed E-state index contributed by atoms with van der Waals surface area (Å²) < 4.78 is 2.01. The highest BCUT2D eigenvalue weighted by molar-refractivity contribution is 5.79. The minimum absolute atomic E-state index is 0.804. The zero-order valence-corrected chi connectivity index (χ0v) is 7.15. The summed E-state index contributed by atoms with van der Waals surface area (Å²) in [5.41, 5.74) is 2.10. The number of H-pyrrole nitrogens is 1. The topological polar surface area (TPSA) is 46.0 Å². The van der Waals surface area contributed by atoms with Crippen molar-refractivity contribution in [2.45, 2.75) is 6.92 Å². The lowest BCUT2D eigenvalue weighted by molar-refractivity contribution is 1.02. The molecule has 2 aromatic heterocycles. The molecular weight excluding hydrogens is 164 g/mol. The Morgan fingerprint density at radius 1 is 1.31 bits per heavy atom. The molecule has 0 aliphatic rings. The van der Waals surface area contributed by atoms with Gasteiger partial charge >= 0.3 is 0 Å². The zero-order valence-electron chi connectivity index (χ0n) is 7.15. The molecule has 1 N–H and O–H groups in total. The van der Waals surface area contributed by atoms with E-state index in [-0.39, 0.29) is 0 Å². The van der Waals surface area contributed by atoms with Crippen LogP contribution in [0.2, 0.25) is 0 Å². The van der Waals surface area contributed by atoms with Crippen molar-refractivity contribution in [3.05, 3.63) is 30.1 Å². The van der Waals surface area contributed by atoms with E-state index in [9.17, 15) is 0 Å². The highest BCUT2D eigenvalue weighted by atomic mass is 15.3. The number of para-hydroxylation sites is 2. The quantitative estimate of drug-likeness (QED) is 0.558. The lowest BCUT2D eigenvalue weighted by atomic mass is 10.3. The van der Waals surface area contributed by atoms with Crippen molar-refractivity contribution in [1.82, 2.24) is 19.6 Å². The van der Waals surface area contributed by atoms with Crippen LogP contribution in [-0.2, 0) is 0 Å². The second kappa shape index (κ2) is 2.10. The van der Waals surface area contributed by atoms with E-state index in [0.29, 0.717) is 0 Å². The molecule has 0 amide bonds. The Morgan fingerprint density at radius 2 is 2.15 bits per heavy atom. The van der Waals surface area contributed by atoms with Crippen molar-refractivity contribution in [1.29, 1.82) is 0 Å². The maximum Gasteiger partial charge on any atom is 0.230 e. The van der Waals surface area contributed by atoms with Crippen LogP contribution in [-0.4, -0.2) is 19.6 Å². The van der Waals surface area contributed by atoms with Crippen LogP contribution >= 0.6 is 0 Å². The van der Waals surface area contributed by atoms with Gasteiger partial charge in [-0.05, 0) is 19.1 Å². The molecule has 0 bridgehead atoms. The van der Waals surface area contributed by atoms with Crippen LogP contribution < -0.4 is 0 Å². The van der Waals surface area contributed by atoms with Crippen LogP contribution in [0.25, 0.3) is 16.8 Å². The molecule has 0 aliphatic carbocycles. The van der Waals surface area contributed by atoms with Crippen LogP contribution in [0.3, 0.4) is 0 Å². The number of benzene rings is 1. The summed E-state index contributed by atoms with van der Waals surface area (Å²) in [6, 6.07) is 8.02. The molecule has 0 aliphatic heterocycles. The van der Waals surface area contributed by atoms with Crippen molar-refractivity contribution in [2.75, 3.05) is 0 Å². The third kappa shape index (κ3) is 0.744.